The van der Waals surface area contributed by atoms with Gasteiger partial charge in [0, 0.05) is 12.3 Å². The van der Waals surface area contributed by atoms with Crippen molar-refractivity contribution in [2.24, 2.45) is 0 Å². The van der Waals surface area contributed by atoms with Crippen molar-refractivity contribution in [2.75, 3.05) is 6.61 Å². The van der Waals surface area contributed by atoms with Crippen molar-refractivity contribution in [1.82, 2.24) is 9.55 Å². The van der Waals surface area contributed by atoms with E-state index < -0.39 is 65.4 Å². The highest BCUT2D eigenvalue weighted by Gasteiger charge is 2.56. The second-order valence-electron chi connectivity index (χ2n) is 6.08. The van der Waals surface area contributed by atoms with Crippen molar-refractivity contribution in [2.45, 2.75) is 24.1 Å². The van der Waals surface area contributed by atoms with E-state index in [1.54, 1.807) is 0 Å². The molecule has 1 aromatic heterocycles. The number of phosphoric acid groups is 3. The molecule has 0 aromatic carbocycles. The summed E-state index contributed by atoms with van der Waals surface area (Å²) in [7, 11) is -17.1. The maximum Gasteiger partial charge on any atom is 0.490 e. The van der Waals surface area contributed by atoms with Crippen LogP contribution in [0.4, 0.5) is 4.39 Å². The number of aliphatic hydroxyl groups is 1. The van der Waals surface area contributed by atoms with Crippen molar-refractivity contribution < 1.29 is 60.6 Å². The smallest absolute Gasteiger partial charge is 0.386 e. The molecular formula is C12H16FN2O14P3. The average Bonchev–Trinajstić information content (AvgIpc) is 2.83. The van der Waals surface area contributed by atoms with Gasteiger partial charge in [-0.15, -0.1) is 5.73 Å². The molecule has 1 aromatic rings. The third-order valence-corrected chi connectivity index (χ3v) is 7.54. The number of hydrogen-bond donors (Lipinski definition) is 6. The zero-order valence-electron chi connectivity index (χ0n) is 15.5. The Labute approximate surface area is 176 Å². The third-order valence-electron chi connectivity index (χ3n) is 3.76. The Kier molecular flexibility index (Phi) is 7.82. The fraction of sp³-hybridized carbons (Fsp3) is 0.417. The van der Waals surface area contributed by atoms with Gasteiger partial charge < -0.3 is 29.4 Å². The van der Waals surface area contributed by atoms with Crippen LogP contribution in [0.3, 0.4) is 0 Å². The normalized spacial score (nSPS) is 29.6. The van der Waals surface area contributed by atoms with Crippen LogP contribution < -0.4 is 11.2 Å². The number of aliphatic hydroxyl groups excluding tert-OH is 1. The van der Waals surface area contributed by atoms with E-state index in [-0.39, 0.29) is 0 Å². The molecule has 1 saturated heterocycles. The fourth-order valence-corrected chi connectivity index (χ4v) is 5.62. The number of H-pyrrole nitrogens is 1. The van der Waals surface area contributed by atoms with Gasteiger partial charge in [-0.3, -0.25) is 18.9 Å². The van der Waals surface area contributed by atoms with Crippen LogP contribution in [0.5, 0.6) is 0 Å². The molecule has 2 unspecified atom stereocenters. The highest BCUT2D eigenvalue weighted by atomic mass is 31.3. The van der Waals surface area contributed by atoms with Gasteiger partial charge in [0.2, 0.25) is 0 Å². The molecule has 1 aliphatic rings. The third kappa shape index (κ3) is 6.50. The molecule has 2 rings (SSSR count). The van der Waals surface area contributed by atoms with Crippen LogP contribution in [-0.4, -0.2) is 58.7 Å². The minimum Gasteiger partial charge on any atom is -0.386 e. The van der Waals surface area contributed by atoms with Crippen LogP contribution >= 0.6 is 23.5 Å². The summed E-state index contributed by atoms with van der Waals surface area (Å²) in [6.07, 6.45) is -4.86. The molecule has 2 heterocycles. The number of rotatable bonds is 9. The van der Waals surface area contributed by atoms with E-state index >= 15 is 0 Å². The van der Waals surface area contributed by atoms with E-state index in [1.165, 1.54) is 0 Å². The van der Waals surface area contributed by atoms with Crippen LogP contribution in [0.25, 0.3) is 0 Å². The second-order valence-corrected chi connectivity index (χ2v) is 10.5. The quantitative estimate of drug-likeness (QED) is 0.171. The Hall–Kier alpha value is -1.54. The molecule has 1 fully saturated rings. The summed E-state index contributed by atoms with van der Waals surface area (Å²) in [6, 6.07) is 0.846. The van der Waals surface area contributed by atoms with Gasteiger partial charge in [-0.1, -0.05) is 6.58 Å². The minimum atomic E-state index is -5.83. The van der Waals surface area contributed by atoms with Gasteiger partial charge >= 0.3 is 29.2 Å². The number of nitrogens with zero attached hydrogens (tertiary/aromatic N) is 1. The van der Waals surface area contributed by atoms with E-state index in [4.69, 9.17) is 19.4 Å². The van der Waals surface area contributed by atoms with E-state index in [0.717, 1.165) is 18.3 Å². The minimum absolute atomic E-state index is 0.554. The first kappa shape index (κ1) is 26.7. The summed E-state index contributed by atoms with van der Waals surface area (Å²) >= 11 is 0. The standard InChI is InChI=1S/C12H16FN2O14P3/c1-2-4-12(6-26-31(22,23)29-32(24,25)28-30(19,20)21)9(17)8(13)10(27-12)15-5-3-7(16)14-11(15)18/h3-5,8-10,17H,1,6H2,(H,22,23)(H,24,25)(H,14,16,18)(H2,19,20,21)/t8-,9-,10+,12+/m0/s1. The van der Waals surface area contributed by atoms with Crippen molar-refractivity contribution in [1.29, 1.82) is 0 Å². The first-order valence-corrected chi connectivity index (χ1v) is 12.5. The van der Waals surface area contributed by atoms with Crippen molar-refractivity contribution in [3.05, 3.63) is 51.5 Å². The van der Waals surface area contributed by atoms with E-state index in [2.05, 4.69) is 25.5 Å². The monoisotopic (exact) mass is 524 g/mol. The summed E-state index contributed by atoms with van der Waals surface area (Å²) in [5.41, 5.74) is -2.19. The van der Waals surface area contributed by atoms with Gasteiger partial charge in [0.05, 0.1) is 6.61 Å². The molecule has 6 atom stereocenters. The zero-order valence-corrected chi connectivity index (χ0v) is 18.1. The Balaban J connectivity index is 2.28. The molecule has 0 amide bonds. The van der Waals surface area contributed by atoms with Gasteiger partial charge in [0.25, 0.3) is 5.56 Å². The highest BCUT2D eigenvalue weighted by molar-refractivity contribution is 7.66. The number of phosphoric ester groups is 1. The van der Waals surface area contributed by atoms with Crippen LogP contribution in [0.1, 0.15) is 6.23 Å². The van der Waals surface area contributed by atoms with Gasteiger partial charge in [-0.05, 0) is 6.08 Å². The summed E-state index contributed by atoms with van der Waals surface area (Å²) in [5, 5.41) is 10.3. The number of aromatic amines is 1. The second kappa shape index (κ2) is 9.37. The molecule has 16 nitrogen and oxygen atoms in total. The number of ether oxygens (including phenoxy) is 1. The van der Waals surface area contributed by atoms with Gasteiger partial charge in [0.1, 0.15) is 11.7 Å². The summed E-state index contributed by atoms with van der Waals surface area (Å²) in [6.45, 7) is 1.90. The Bertz CT molecular complexity index is 1170. The van der Waals surface area contributed by atoms with Crippen LogP contribution in [0, 0.1) is 0 Å². The molecule has 0 spiro atoms. The number of hydrogen-bond acceptors (Lipinski definition) is 10. The topological polar surface area (TPSA) is 244 Å². The Morgan fingerprint density at radius 3 is 2.41 bits per heavy atom. The molecular weight excluding hydrogens is 508 g/mol. The van der Waals surface area contributed by atoms with Crippen LogP contribution in [0.2, 0.25) is 0 Å². The molecule has 6 N–H and O–H groups in total. The largest absolute Gasteiger partial charge is 0.490 e. The summed E-state index contributed by atoms with van der Waals surface area (Å²) < 4.78 is 66.0. The van der Waals surface area contributed by atoms with Gasteiger partial charge in [0.15, 0.2) is 12.4 Å². The summed E-state index contributed by atoms with van der Waals surface area (Å²) in [4.78, 5) is 60.6. The number of nitrogens with one attached hydrogen (secondary N) is 1. The molecule has 0 radical (unpaired) electrons. The molecule has 32 heavy (non-hydrogen) atoms. The van der Waals surface area contributed by atoms with Crippen molar-refractivity contribution in [3.8, 4) is 0 Å². The molecule has 0 bridgehead atoms. The molecule has 180 valence electrons. The van der Waals surface area contributed by atoms with Gasteiger partial charge in [-0.2, -0.15) is 8.62 Å². The maximum atomic E-state index is 14.7. The number of aromatic nitrogens is 2. The van der Waals surface area contributed by atoms with Gasteiger partial charge in [-0.25, -0.2) is 22.9 Å². The zero-order chi connectivity index (χ0) is 24.5. The van der Waals surface area contributed by atoms with E-state index in [0.29, 0.717) is 4.57 Å². The van der Waals surface area contributed by atoms with Crippen molar-refractivity contribution >= 4 is 23.5 Å². The first-order valence-electron chi connectivity index (χ1n) is 7.98. The lowest BCUT2D eigenvalue weighted by Crippen LogP contribution is -2.44. The predicted molar refractivity (Wildman–Crippen MR) is 98.6 cm³/mol. The molecule has 1 aliphatic heterocycles. The Morgan fingerprint density at radius 2 is 1.88 bits per heavy atom. The lowest BCUT2D eigenvalue weighted by atomic mass is 9.96. The summed E-state index contributed by atoms with van der Waals surface area (Å²) in [5.74, 6) is 0. The van der Waals surface area contributed by atoms with Crippen LogP contribution in [0.15, 0.2) is 40.2 Å². The number of halogens is 1. The van der Waals surface area contributed by atoms with Crippen LogP contribution in [-0.2, 0) is 31.6 Å². The Morgan fingerprint density at radius 1 is 1.25 bits per heavy atom. The number of alkyl halides is 1. The van der Waals surface area contributed by atoms with E-state index in [1.807, 2.05) is 4.98 Å². The fourth-order valence-electron chi connectivity index (χ4n) is 2.56. The van der Waals surface area contributed by atoms with Crippen molar-refractivity contribution in [3.63, 3.8) is 0 Å². The van der Waals surface area contributed by atoms with E-state index in [9.17, 15) is 37.7 Å². The molecule has 0 saturated carbocycles. The molecule has 20 heteroatoms. The molecule has 0 aliphatic carbocycles. The lowest BCUT2D eigenvalue weighted by molar-refractivity contribution is -0.0965. The predicted octanol–water partition coefficient (Wildman–Crippen LogP) is -0.812. The SMILES string of the molecule is C=C=C[C@]1(COP(=O)(O)OP(=O)(O)OP(=O)(O)O)O[C@@H](n2ccc(=O)[nH]c2=O)[C@@H](F)[C@@H]1O. The first-order chi connectivity index (χ1) is 14.5. The highest BCUT2D eigenvalue weighted by Crippen LogP contribution is 2.66. The maximum absolute atomic E-state index is 14.7. The lowest BCUT2D eigenvalue weighted by Gasteiger charge is -2.28. The average molecular weight is 524 g/mol.